The number of amides is 1. The molecule has 34 heavy (non-hydrogen) atoms. The second-order valence-electron chi connectivity index (χ2n) is 7.77. The molecule has 9 nitrogen and oxygen atoms in total. The van der Waals surface area contributed by atoms with Crippen molar-refractivity contribution in [3.63, 3.8) is 0 Å². The monoisotopic (exact) mass is 463 g/mol. The molecule has 0 bridgehead atoms. The largest absolute Gasteiger partial charge is 0.452 e. The number of hydrogen-bond acceptors (Lipinski definition) is 7. The number of non-ortho nitro benzene ring substituents is 1. The number of nitro benzene ring substituents is 1. The number of carbonyl (C=O) groups excluding carboxylic acids is 2. The summed E-state index contributed by atoms with van der Waals surface area (Å²) in [6.07, 6.45) is 0. The van der Waals surface area contributed by atoms with Gasteiger partial charge >= 0.3 is 5.97 Å². The zero-order valence-corrected chi connectivity index (χ0v) is 18.8. The molecule has 4 rings (SSSR count). The van der Waals surface area contributed by atoms with Crippen molar-refractivity contribution in [1.82, 2.24) is 0 Å². The summed E-state index contributed by atoms with van der Waals surface area (Å²) in [5.41, 5.74) is 1.08. The number of benzene rings is 3. The molecule has 0 N–H and O–H groups in total. The SMILES string of the molecule is CCN(C(=O)COC(=O)c1cc([N+](=O)[O-])ccc1N1CCOCC1)c1cccc2ccccc12. The second-order valence-corrected chi connectivity index (χ2v) is 7.77. The highest BCUT2D eigenvalue weighted by Crippen LogP contribution is 2.28. The standard InChI is InChI=1S/C25H25N3O6/c1-2-27(23-9-5-7-18-6-3-4-8-20(18)23)24(29)17-34-25(30)21-16-19(28(31)32)10-11-22(21)26-12-14-33-15-13-26/h3-11,16H,2,12-15,17H2,1H3. The molecule has 0 radical (unpaired) electrons. The van der Waals surface area contributed by atoms with Crippen molar-refractivity contribution in [2.24, 2.45) is 0 Å². The Labute approximate surface area is 196 Å². The molecule has 1 aliphatic heterocycles. The van der Waals surface area contributed by atoms with E-state index in [-0.39, 0.29) is 17.2 Å². The summed E-state index contributed by atoms with van der Waals surface area (Å²) < 4.78 is 10.7. The van der Waals surface area contributed by atoms with Gasteiger partial charge in [0.05, 0.1) is 35.1 Å². The van der Waals surface area contributed by atoms with E-state index >= 15 is 0 Å². The molecule has 9 heteroatoms. The van der Waals surface area contributed by atoms with E-state index in [4.69, 9.17) is 9.47 Å². The smallest absolute Gasteiger partial charge is 0.341 e. The van der Waals surface area contributed by atoms with Crippen molar-refractivity contribution >= 4 is 39.7 Å². The second kappa shape index (κ2) is 10.3. The lowest BCUT2D eigenvalue weighted by Gasteiger charge is -2.30. The third-order valence-corrected chi connectivity index (χ3v) is 5.76. The van der Waals surface area contributed by atoms with Gasteiger partial charge in [-0.05, 0) is 24.4 Å². The number of hydrogen-bond donors (Lipinski definition) is 0. The fraction of sp³-hybridized carbons (Fsp3) is 0.280. The first-order valence-electron chi connectivity index (χ1n) is 11.1. The molecule has 1 saturated heterocycles. The Morgan fingerprint density at radius 1 is 1.09 bits per heavy atom. The predicted octanol–water partition coefficient (Wildman–Crippen LogP) is 3.79. The minimum Gasteiger partial charge on any atom is -0.452 e. The third kappa shape index (κ3) is 4.84. The number of morpholine rings is 1. The molecule has 176 valence electrons. The van der Waals surface area contributed by atoms with E-state index in [1.807, 2.05) is 54.3 Å². The maximum Gasteiger partial charge on any atom is 0.341 e. The molecule has 3 aromatic rings. The van der Waals surface area contributed by atoms with E-state index in [1.165, 1.54) is 18.2 Å². The Balaban J connectivity index is 1.55. The molecular formula is C25H25N3O6. The van der Waals surface area contributed by atoms with Crippen molar-refractivity contribution in [1.29, 1.82) is 0 Å². The van der Waals surface area contributed by atoms with Crippen LogP contribution >= 0.6 is 0 Å². The Morgan fingerprint density at radius 2 is 1.82 bits per heavy atom. The van der Waals surface area contributed by atoms with Gasteiger partial charge in [0.2, 0.25) is 0 Å². The first-order chi connectivity index (χ1) is 16.5. The first-order valence-corrected chi connectivity index (χ1v) is 11.1. The van der Waals surface area contributed by atoms with Crippen LogP contribution in [0.5, 0.6) is 0 Å². The number of rotatable bonds is 7. The number of esters is 1. The molecular weight excluding hydrogens is 438 g/mol. The first kappa shape index (κ1) is 23.2. The Hall–Kier alpha value is -3.98. The molecule has 0 spiro atoms. The van der Waals surface area contributed by atoms with Gasteiger partial charge in [-0.2, -0.15) is 0 Å². The maximum absolute atomic E-state index is 13.0. The number of anilines is 2. The molecule has 1 amide bonds. The molecule has 3 aromatic carbocycles. The van der Waals surface area contributed by atoms with Gasteiger partial charge in [-0.15, -0.1) is 0 Å². The molecule has 0 unspecified atom stereocenters. The summed E-state index contributed by atoms with van der Waals surface area (Å²) in [6, 6.07) is 17.5. The van der Waals surface area contributed by atoms with Crippen LogP contribution in [0.1, 0.15) is 17.3 Å². The lowest BCUT2D eigenvalue weighted by molar-refractivity contribution is -0.384. The summed E-state index contributed by atoms with van der Waals surface area (Å²) in [4.78, 5) is 40.2. The van der Waals surface area contributed by atoms with Gasteiger partial charge in [0.1, 0.15) is 0 Å². The van der Waals surface area contributed by atoms with E-state index in [9.17, 15) is 19.7 Å². The van der Waals surface area contributed by atoms with Gasteiger partial charge in [0.25, 0.3) is 11.6 Å². The van der Waals surface area contributed by atoms with Crippen molar-refractivity contribution < 1.29 is 24.0 Å². The molecule has 1 fully saturated rings. The van der Waals surface area contributed by atoms with E-state index in [0.29, 0.717) is 38.5 Å². The quantitative estimate of drug-likeness (QED) is 0.298. The number of carbonyl (C=O) groups is 2. The summed E-state index contributed by atoms with van der Waals surface area (Å²) >= 11 is 0. The number of fused-ring (bicyclic) bond motifs is 1. The van der Waals surface area contributed by atoms with Crippen LogP contribution in [0.4, 0.5) is 17.1 Å². The minimum atomic E-state index is -0.785. The van der Waals surface area contributed by atoms with Gasteiger partial charge in [0.15, 0.2) is 6.61 Å². The average Bonchev–Trinajstić information content (AvgIpc) is 2.88. The summed E-state index contributed by atoms with van der Waals surface area (Å²) in [5.74, 6) is -1.17. The third-order valence-electron chi connectivity index (χ3n) is 5.76. The molecule has 0 atom stereocenters. The van der Waals surface area contributed by atoms with Crippen LogP contribution in [0.3, 0.4) is 0 Å². The molecule has 1 aliphatic rings. The molecule has 1 heterocycles. The summed E-state index contributed by atoms with van der Waals surface area (Å²) in [7, 11) is 0. The van der Waals surface area contributed by atoms with Gasteiger partial charge in [0, 0.05) is 37.2 Å². The zero-order chi connectivity index (χ0) is 24.1. The van der Waals surface area contributed by atoms with Crippen LogP contribution in [0.2, 0.25) is 0 Å². The maximum atomic E-state index is 13.0. The van der Waals surface area contributed by atoms with E-state index < -0.39 is 17.5 Å². The van der Waals surface area contributed by atoms with Crippen LogP contribution in [-0.4, -0.2) is 56.3 Å². The topological polar surface area (TPSA) is 102 Å². The molecule has 0 aliphatic carbocycles. The zero-order valence-electron chi connectivity index (χ0n) is 18.8. The van der Waals surface area contributed by atoms with Gasteiger partial charge in [-0.1, -0.05) is 36.4 Å². The number of nitro groups is 1. The Bertz CT molecular complexity index is 1220. The lowest BCUT2D eigenvalue weighted by atomic mass is 10.1. The van der Waals surface area contributed by atoms with Crippen LogP contribution in [0, 0.1) is 10.1 Å². The van der Waals surface area contributed by atoms with Crippen molar-refractivity contribution in [3.8, 4) is 0 Å². The van der Waals surface area contributed by atoms with Crippen LogP contribution in [0.15, 0.2) is 60.7 Å². The molecule has 0 aromatic heterocycles. The van der Waals surface area contributed by atoms with Gasteiger partial charge in [-0.25, -0.2) is 4.79 Å². The van der Waals surface area contributed by atoms with Crippen LogP contribution < -0.4 is 9.80 Å². The highest BCUT2D eigenvalue weighted by atomic mass is 16.6. The number of likely N-dealkylation sites (N-methyl/N-ethyl adjacent to an activating group) is 1. The number of nitrogens with zero attached hydrogens (tertiary/aromatic N) is 3. The van der Waals surface area contributed by atoms with Crippen molar-refractivity contribution in [2.45, 2.75) is 6.92 Å². The van der Waals surface area contributed by atoms with Crippen molar-refractivity contribution in [3.05, 3.63) is 76.3 Å². The summed E-state index contributed by atoms with van der Waals surface area (Å²) in [6.45, 7) is 3.81. The highest BCUT2D eigenvalue weighted by molar-refractivity contribution is 6.05. The fourth-order valence-electron chi connectivity index (χ4n) is 4.09. The summed E-state index contributed by atoms with van der Waals surface area (Å²) in [5, 5.41) is 13.2. The lowest BCUT2D eigenvalue weighted by Crippen LogP contribution is -2.37. The average molecular weight is 463 g/mol. The van der Waals surface area contributed by atoms with Gasteiger partial charge < -0.3 is 19.3 Å². The molecule has 0 saturated carbocycles. The Kier molecular flexibility index (Phi) is 7.03. The fourth-order valence-corrected chi connectivity index (χ4v) is 4.09. The van der Waals surface area contributed by atoms with E-state index in [2.05, 4.69) is 0 Å². The predicted molar refractivity (Wildman–Crippen MR) is 128 cm³/mol. The van der Waals surface area contributed by atoms with E-state index in [1.54, 1.807) is 4.90 Å². The van der Waals surface area contributed by atoms with Crippen molar-refractivity contribution in [2.75, 3.05) is 49.3 Å². The van der Waals surface area contributed by atoms with Gasteiger partial charge in [-0.3, -0.25) is 14.9 Å². The number of ether oxygens (including phenoxy) is 2. The van der Waals surface area contributed by atoms with Crippen LogP contribution in [-0.2, 0) is 14.3 Å². The van der Waals surface area contributed by atoms with E-state index in [0.717, 1.165) is 16.5 Å². The van der Waals surface area contributed by atoms with Crippen LogP contribution in [0.25, 0.3) is 10.8 Å². The Morgan fingerprint density at radius 3 is 2.56 bits per heavy atom. The highest BCUT2D eigenvalue weighted by Gasteiger charge is 2.25. The minimum absolute atomic E-state index is 0.0529. The normalized spacial score (nSPS) is 13.5.